The summed E-state index contributed by atoms with van der Waals surface area (Å²) in [5.41, 5.74) is 5.72. The number of carboxylic acids is 1. The number of carbonyl (C=O) groups is 1. The van der Waals surface area contributed by atoms with Gasteiger partial charge < -0.3 is 15.6 Å². The van der Waals surface area contributed by atoms with E-state index < -0.39 is 21.8 Å². The van der Waals surface area contributed by atoms with Gasteiger partial charge in [0.1, 0.15) is 11.8 Å². The second kappa shape index (κ2) is 5.36. The first-order chi connectivity index (χ1) is 8.27. The Morgan fingerprint density at radius 2 is 2.11 bits per heavy atom. The van der Waals surface area contributed by atoms with Crippen molar-refractivity contribution in [3.05, 3.63) is 23.8 Å². The van der Waals surface area contributed by atoms with E-state index >= 15 is 0 Å². The molecule has 0 heterocycles. The highest BCUT2D eigenvalue weighted by Gasteiger charge is 2.22. The third-order valence-corrected chi connectivity index (χ3v) is 3.63. The topological polar surface area (TPSA) is 107 Å². The molecule has 0 aliphatic carbocycles. The summed E-state index contributed by atoms with van der Waals surface area (Å²) in [4.78, 5) is 10.8. The molecule has 0 aliphatic rings. The van der Waals surface area contributed by atoms with Gasteiger partial charge in [0.25, 0.3) is 0 Å². The van der Waals surface area contributed by atoms with Crippen LogP contribution in [0.25, 0.3) is 0 Å². The summed E-state index contributed by atoms with van der Waals surface area (Å²) in [5.74, 6) is -0.880. The standard InChI is InChI=1S/C11H15NO5S/c1-17-9-4-3-5-10(18(2,15)16)7(9)6-8(12)11(13)14/h3-5,8H,6,12H2,1-2H3,(H,13,14). The first-order valence-electron chi connectivity index (χ1n) is 5.11. The summed E-state index contributed by atoms with van der Waals surface area (Å²) in [6.07, 6.45) is 0.944. The van der Waals surface area contributed by atoms with E-state index in [1.54, 1.807) is 6.07 Å². The molecular weight excluding hydrogens is 258 g/mol. The van der Waals surface area contributed by atoms with Crippen LogP contribution in [0.3, 0.4) is 0 Å². The lowest BCUT2D eigenvalue weighted by Crippen LogP contribution is -2.32. The normalized spacial score (nSPS) is 13.1. The number of hydrogen-bond acceptors (Lipinski definition) is 5. The number of carboxylic acid groups (broad SMARTS) is 1. The maximum Gasteiger partial charge on any atom is 0.320 e. The van der Waals surface area contributed by atoms with Crippen LogP contribution >= 0.6 is 0 Å². The van der Waals surface area contributed by atoms with Crippen molar-refractivity contribution in [1.29, 1.82) is 0 Å². The SMILES string of the molecule is COc1cccc(S(C)(=O)=O)c1CC(N)C(=O)O. The van der Waals surface area contributed by atoms with Crippen LogP contribution in [0.1, 0.15) is 5.56 Å². The Balaban J connectivity index is 3.34. The van der Waals surface area contributed by atoms with Gasteiger partial charge >= 0.3 is 5.97 Å². The second-order valence-electron chi connectivity index (χ2n) is 3.86. The quantitative estimate of drug-likeness (QED) is 0.785. The number of methoxy groups -OCH3 is 1. The van der Waals surface area contributed by atoms with Crippen molar-refractivity contribution in [2.75, 3.05) is 13.4 Å². The fourth-order valence-corrected chi connectivity index (χ4v) is 2.55. The van der Waals surface area contributed by atoms with E-state index in [0.717, 1.165) is 6.26 Å². The molecular formula is C11H15NO5S. The molecule has 0 radical (unpaired) electrons. The van der Waals surface area contributed by atoms with Crippen LogP contribution in [0.5, 0.6) is 5.75 Å². The Morgan fingerprint density at radius 3 is 2.56 bits per heavy atom. The smallest absolute Gasteiger partial charge is 0.320 e. The first-order valence-corrected chi connectivity index (χ1v) is 7.01. The summed E-state index contributed by atoms with van der Waals surface area (Å²) in [6, 6.07) is 3.33. The predicted octanol–water partition coefficient (Wildman–Crippen LogP) is 0.0531. The van der Waals surface area contributed by atoms with Gasteiger partial charge in [0.05, 0.1) is 12.0 Å². The zero-order chi connectivity index (χ0) is 13.9. The monoisotopic (exact) mass is 273 g/mol. The number of aliphatic carboxylic acids is 1. The molecule has 0 aliphatic heterocycles. The Hall–Kier alpha value is -1.60. The Morgan fingerprint density at radius 1 is 1.50 bits per heavy atom. The first kappa shape index (κ1) is 14.5. The molecule has 0 amide bonds. The molecule has 1 rings (SSSR count). The van der Waals surface area contributed by atoms with E-state index in [4.69, 9.17) is 15.6 Å². The van der Waals surface area contributed by atoms with E-state index in [2.05, 4.69) is 0 Å². The van der Waals surface area contributed by atoms with Gasteiger partial charge in [-0.15, -0.1) is 0 Å². The molecule has 6 nitrogen and oxygen atoms in total. The van der Waals surface area contributed by atoms with Gasteiger partial charge in [-0.2, -0.15) is 0 Å². The van der Waals surface area contributed by atoms with Crippen LogP contribution in [0.4, 0.5) is 0 Å². The Bertz CT molecular complexity index is 553. The van der Waals surface area contributed by atoms with Gasteiger partial charge in [-0.25, -0.2) is 8.42 Å². The van der Waals surface area contributed by atoms with Gasteiger partial charge in [0.2, 0.25) is 0 Å². The fourth-order valence-electron chi connectivity index (χ4n) is 1.59. The van der Waals surface area contributed by atoms with Crippen molar-refractivity contribution in [2.45, 2.75) is 17.4 Å². The summed E-state index contributed by atoms with van der Waals surface area (Å²) in [7, 11) is -2.08. The molecule has 100 valence electrons. The van der Waals surface area contributed by atoms with Gasteiger partial charge in [-0.05, 0) is 12.1 Å². The van der Waals surface area contributed by atoms with Gasteiger partial charge in [-0.1, -0.05) is 6.07 Å². The lowest BCUT2D eigenvalue weighted by atomic mass is 10.1. The van der Waals surface area contributed by atoms with Crippen molar-refractivity contribution in [3.8, 4) is 5.75 Å². The molecule has 0 saturated carbocycles. The lowest BCUT2D eigenvalue weighted by molar-refractivity contribution is -0.138. The van der Waals surface area contributed by atoms with E-state index in [0.29, 0.717) is 5.75 Å². The zero-order valence-corrected chi connectivity index (χ0v) is 10.9. The number of rotatable bonds is 5. The van der Waals surface area contributed by atoms with Crippen molar-refractivity contribution in [3.63, 3.8) is 0 Å². The molecule has 1 aromatic rings. The molecule has 0 fully saturated rings. The minimum Gasteiger partial charge on any atom is -0.496 e. The largest absolute Gasteiger partial charge is 0.496 e. The van der Waals surface area contributed by atoms with E-state index in [1.807, 2.05) is 0 Å². The molecule has 0 spiro atoms. The minimum atomic E-state index is -3.47. The number of benzene rings is 1. The number of hydrogen-bond donors (Lipinski definition) is 2. The van der Waals surface area contributed by atoms with Crippen LogP contribution in [0, 0.1) is 0 Å². The van der Waals surface area contributed by atoms with Crippen molar-refractivity contribution in [1.82, 2.24) is 0 Å². The molecule has 7 heteroatoms. The summed E-state index contributed by atoms with van der Waals surface area (Å²) < 4.78 is 28.3. The molecule has 0 aromatic heterocycles. The zero-order valence-electron chi connectivity index (χ0n) is 10.1. The lowest BCUT2D eigenvalue weighted by Gasteiger charge is -2.14. The van der Waals surface area contributed by atoms with Gasteiger partial charge in [0.15, 0.2) is 9.84 Å². The van der Waals surface area contributed by atoms with E-state index in [9.17, 15) is 13.2 Å². The van der Waals surface area contributed by atoms with E-state index in [1.165, 1.54) is 19.2 Å². The third-order valence-electron chi connectivity index (χ3n) is 2.45. The number of nitrogens with two attached hydrogens (primary N) is 1. The molecule has 0 saturated heterocycles. The Labute approximate surface area is 105 Å². The van der Waals surface area contributed by atoms with Crippen molar-refractivity contribution < 1.29 is 23.1 Å². The highest BCUT2D eigenvalue weighted by molar-refractivity contribution is 7.90. The average Bonchev–Trinajstić information content (AvgIpc) is 2.27. The van der Waals surface area contributed by atoms with Crippen LogP contribution < -0.4 is 10.5 Å². The molecule has 1 aromatic carbocycles. The molecule has 1 unspecified atom stereocenters. The van der Waals surface area contributed by atoms with Crippen LogP contribution in [-0.4, -0.2) is 38.9 Å². The summed E-state index contributed by atoms with van der Waals surface area (Å²) in [5, 5.41) is 8.79. The fraction of sp³-hybridized carbons (Fsp3) is 0.364. The molecule has 3 N–H and O–H groups in total. The number of sulfone groups is 1. The minimum absolute atomic E-state index is 0.0403. The highest BCUT2D eigenvalue weighted by atomic mass is 32.2. The maximum absolute atomic E-state index is 11.6. The Kier molecular flexibility index (Phi) is 4.31. The van der Waals surface area contributed by atoms with Crippen molar-refractivity contribution >= 4 is 15.8 Å². The molecule has 0 bridgehead atoms. The van der Waals surface area contributed by atoms with Crippen LogP contribution in [0.2, 0.25) is 0 Å². The van der Waals surface area contributed by atoms with E-state index in [-0.39, 0.29) is 16.9 Å². The van der Waals surface area contributed by atoms with Gasteiger partial charge in [0, 0.05) is 18.2 Å². The molecule has 1 atom stereocenters. The highest BCUT2D eigenvalue weighted by Crippen LogP contribution is 2.27. The number of ether oxygens (including phenoxy) is 1. The maximum atomic E-state index is 11.6. The predicted molar refractivity (Wildman–Crippen MR) is 65.4 cm³/mol. The summed E-state index contributed by atoms with van der Waals surface area (Å²) >= 11 is 0. The van der Waals surface area contributed by atoms with Crippen molar-refractivity contribution in [2.24, 2.45) is 5.73 Å². The third kappa shape index (κ3) is 3.21. The average molecular weight is 273 g/mol. The van der Waals surface area contributed by atoms with Crippen LogP contribution in [0.15, 0.2) is 23.1 Å². The second-order valence-corrected chi connectivity index (χ2v) is 5.84. The summed E-state index contributed by atoms with van der Waals surface area (Å²) in [6.45, 7) is 0. The van der Waals surface area contributed by atoms with Crippen LogP contribution in [-0.2, 0) is 21.1 Å². The molecule has 18 heavy (non-hydrogen) atoms. The van der Waals surface area contributed by atoms with Gasteiger partial charge in [-0.3, -0.25) is 4.79 Å².